The summed E-state index contributed by atoms with van der Waals surface area (Å²) < 4.78 is 11.2. The molecule has 0 saturated heterocycles. The van der Waals surface area contributed by atoms with Gasteiger partial charge in [0.05, 0.1) is 12.0 Å². The molecule has 0 fully saturated rings. The molecular weight excluding hydrogens is 372 g/mol. The van der Waals surface area contributed by atoms with Gasteiger partial charge in [-0.1, -0.05) is 24.7 Å². The van der Waals surface area contributed by atoms with Crippen LogP contribution < -0.4 is 10.9 Å². The molecule has 0 aliphatic carbocycles. The van der Waals surface area contributed by atoms with Crippen molar-refractivity contribution in [2.45, 2.75) is 32.8 Å². The van der Waals surface area contributed by atoms with Gasteiger partial charge in [0, 0.05) is 12.5 Å². The Labute approximate surface area is 158 Å². The third-order valence-electron chi connectivity index (χ3n) is 3.60. The molecule has 0 atom stereocenters. The molecule has 1 amide bonds. The molecule has 10 heteroatoms. The fraction of sp³-hybridized carbons (Fsp3) is 0.353. The third kappa shape index (κ3) is 4.79. The first-order valence-corrected chi connectivity index (χ1v) is 9.24. The molecule has 27 heavy (non-hydrogen) atoms. The van der Waals surface area contributed by atoms with Crippen molar-refractivity contribution in [3.63, 3.8) is 0 Å². The van der Waals surface area contributed by atoms with Crippen LogP contribution in [0.4, 0.5) is 0 Å². The summed E-state index contributed by atoms with van der Waals surface area (Å²) in [5.41, 5.74) is 0.00701. The molecule has 0 saturated carbocycles. The number of hydrogen-bond donors (Lipinski definition) is 1. The maximum absolute atomic E-state index is 12.1. The second-order valence-corrected chi connectivity index (χ2v) is 6.74. The second-order valence-electron chi connectivity index (χ2n) is 5.70. The number of nitrogens with one attached hydrogen (secondary N) is 1. The standard InChI is InChI=1S/C17H18N4O5S/c1-2-3-6-13-20-21-14(22)8-11(19-17(21)27-13)10-26-15(23)9-18-16(24)12-5-4-7-25-12/h4-5,7-8H,2-3,6,9-10H2,1H3,(H,18,24). The van der Waals surface area contributed by atoms with E-state index in [0.29, 0.717) is 10.7 Å². The Bertz CT molecular complexity index is 993. The zero-order valence-corrected chi connectivity index (χ0v) is 15.5. The molecule has 3 aromatic rings. The summed E-state index contributed by atoms with van der Waals surface area (Å²) in [5.74, 6) is -1.06. The van der Waals surface area contributed by atoms with Gasteiger partial charge in [-0.2, -0.15) is 9.61 Å². The summed E-state index contributed by atoms with van der Waals surface area (Å²) in [6, 6.07) is 4.34. The van der Waals surface area contributed by atoms with Crippen LogP contribution in [0.25, 0.3) is 4.96 Å². The van der Waals surface area contributed by atoms with Crippen LogP contribution in [-0.2, 0) is 22.6 Å². The Balaban J connectivity index is 1.57. The number of carbonyl (C=O) groups is 2. The second kappa shape index (κ2) is 8.58. The van der Waals surface area contributed by atoms with Gasteiger partial charge >= 0.3 is 5.97 Å². The third-order valence-corrected chi connectivity index (χ3v) is 4.57. The van der Waals surface area contributed by atoms with Crippen molar-refractivity contribution in [1.29, 1.82) is 0 Å². The molecule has 1 N–H and O–H groups in total. The lowest BCUT2D eigenvalue weighted by molar-refractivity contribution is -0.143. The van der Waals surface area contributed by atoms with Crippen LogP contribution in [-0.4, -0.2) is 33.0 Å². The van der Waals surface area contributed by atoms with Gasteiger partial charge in [-0.3, -0.25) is 14.4 Å². The summed E-state index contributed by atoms with van der Waals surface area (Å²) in [5, 5.41) is 7.48. The van der Waals surface area contributed by atoms with E-state index in [1.807, 2.05) is 0 Å². The van der Waals surface area contributed by atoms with E-state index in [1.165, 1.54) is 34.2 Å². The lowest BCUT2D eigenvalue weighted by Crippen LogP contribution is -2.30. The van der Waals surface area contributed by atoms with Gasteiger partial charge in [-0.15, -0.1) is 0 Å². The van der Waals surface area contributed by atoms with Crippen LogP contribution in [0.3, 0.4) is 0 Å². The number of esters is 1. The van der Waals surface area contributed by atoms with Gasteiger partial charge < -0.3 is 14.5 Å². The number of hydrogen-bond acceptors (Lipinski definition) is 8. The van der Waals surface area contributed by atoms with Crippen molar-refractivity contribution in [2.75, 3.05) is 6.54 Å². The van der Waals surface area contributed by atoms with E-state index in [4.69, 9.17) is 9.15 Å². The monoisotopic (exact) mass is 390 g/mol. The van der Waals surface area contributed by atoms with E-state index in [9.17, 15) is 14.4 Å². The van der Waals surface area contributed by atoms with E-state index < -0.39 is 11.9 Å². The van der Waals surface area contributed by atoms with Crippen molar-refractivity contribution in [2.24, 2.45) is 0 Å². The maximum Gasteiger partial charge on any atom is 0.325 e. The Hall–Kier alpha value is -3.01. The van der Waals surface area contributed by atoms with Crippen molar-refractivity contribution in [3.05, 3.63) is 51.3 Å². The number of fused-ring (bicyclic) bond motifs is 1. The van der Waals surface area contributed by atoms with E-state index >= 15 is 0 Å². The molecule has 3 aromatic heterocycles. The lowest BCUT2D eigenvalue weighted by atomic mass is 10.3. The van der Waals surface area contributed by atoms with Gasteiger partial charge in [0.1, 0.15) is 18.2 Å². The van der Waals surface area contributed by atoms with Gasteiger partial charge in [0.25, 0.3) is 11.5 Å². The Morgan fingerprint density at radius 1 is 1.41 bits per heavy atom. The van der Waals surface area contributed by atoms with E-state index in [-0.39, 0.29) is 24.5 Å². The van der Waals surface area contributed by atoms with Crippen LogP contribution >= 0.6 is 11.3 Å². The number of amides is 1. The highest BCUT2D eigenvalue weighted by Gasteiger charge is 2.13. The smallest absolute Gasteiger partial charge is 0.325 e. The van der Waals surface area contributed by atoms with Crippen molar-refractivity contribution < 1.29 is 18.7 Å². The first-order chi connectivity index (χ1) is 13.1. The van der Waals surface area contributed by atoms with Crippen molar-refractivity contribution in [3.8, 4) is 0 Å². The predicted molar refractivity (Wildman–Crippen MR) is 96.6 cm³/mol. The topological polar surface area (TPSA) is 116 Å². The molecule has 3 rings (SSSR count). The largest absolute Gasteiger partial charge is 0.459 e. The Morgan fingerprint density at radius 2 is 2.26 bits per heavy atom. The number of rotatable bonds is 8. The molecule has 0 bridgehead atoms. The fourth-order valence-electron chi connectivity index (χ4n) is 2.25. The average Bonchev–Trinajstić information content (AvgIpc) is 3.32. The summed E-state index contributed by atoms with van der Waals surface area (Å²) in [6.07, 6.45) is 4.18. The first kappa shape index (κ1) is 18.8. The minimum absolute atomic E-state index is 0.104. The SMILES string of the molecule is CCCCc1nn2c(=O)cc(COC(=O)CNC(=O)c3ccco3)nc2s1. The highest BCUT2D eigenvalue weighted by atomic mass is 32.1. The fourth-order valence-corrected chi connectivity index (χ4v) is 3.21. The molecule has 3 heterocycles. The van der Waals surface area contributed by atoms with E-state index in [1.54, 1.807) is 6.07 Å². The quantitative estimate of drug-likeness (QED) is 0.580. The minimum Gasteiger partial charge on any atom is -0.459 e. The zero-order valence-electron chi connectivity index (χ0n) is 14.6. The normalized spacial score (nSPS) is 10.9. The highest BCUT2D eigenvalue weighted by molar-refractivity contribution is 7.16. The predicted octanol–water partition coefficient (Wildman–Crippen LogP) is 1.56. The Morgan fingerprint density at radius 3 is 3.00 bits per heavy atom. The molecular formula is C17H18N4O5S. The van der Waals surface area contributed by atoms with E-state index in [2.05, 4.69) is 22.3 Å². The molecule has 0 radical (unpaired) electrons. The molecule has 0 aliphatic rings. The first-order valence-electron chi connectivity index (χ1n) is 8.43. The number of unbranched alkanes of at least 4 members (excludes halogenated alkanes) is 1. The van der Waals surface area contributed by atoms with Crippen molar-refractivity contribution in [1.82, 2.24) is 19.9 Å². The van der Waals surface area contributed by atoms with Crippen molar-refractivity contribution >= 4 is 28.2 Å². The number of ether oxygens (including phenoxy) is 1. The number of nitrogens with zero attached hydrogens (tertiary/aromatic N) is 3. The van der Waals surface area contributed by atoms with Gasteiger partial charge in [0.15, 0.2) is 5.76 Å². The van der Waals surface area contributed by atoms with Gasteiger partial charge in [0.2, 0.25) is 4.96 Å². The average molecular weight is 390 g/mol. The van der Waals surface area contributed by atoms with Crippen LogP contribution in [0.1, 0.15) is 41.0 Å². The molecule has 0 aromatic carbocycles. The number of aryl methyl sites for hydroxylation is 1. The highest BCUT2D eigenvalue weighted by Crippen LogP contribution is 2.14. The summed E-state index contributed by atoms with van der Waals surface area (Å²) in [7, 11) is 0. The number of carbonyl (C=O) groups excluding carboxylic acids is 2. The van der Waals surface area contributed by atoms with Gasteiger partial charge in [-0.05, 0) is 18.6 Å². The molecule has 0 spiro atoms. The lowest BCUT2D eigenvalue weighted by Gasteiger charge is -2.05. The minimum atomic E-state index is -0.648. The Kier molecular flexibility index (Phi) is 5.97. The molecule has 142 valence electrons. The van der Waals surface area contributed by atoms with Crippen LogP contribution in [0.2, 0.25) is 0 Å². The van der Waals surface area contributed by atoms with Gasteiger partial charge in [-0.25, -0.2) is 4.98 Å². The summed E-state index contributed by atoms with van der Waals surface area (Å²) in [6.45, 7) is 1.60. The zero-order chi connectivity index (χ0) is 19.2. The number of aromatic nitrogens is 3. The van der Waals surface area contributed by atoms with E-state index in [0.717, 1.165) is 24.3 Å². The molecule has 9 nitrogen and oxygen atoms in total. The summed E-state index contributed by atoms with van der Waals surface area (Å²) in [4.78, 5) is 40.4. The molecule has 0 unspecified atom stereocenters. The molecule has 0 aliphatic heterocycles. The van der Waals surface area contributed by atoms with Crippen LogP contribution in [0.15, 0.2) is 33.7 Å². The number of furan rings is 1. The van der Waals surface area contributed by atoms with Crippen LogP contribution in [0.5, 0.6) is 0 Å². The summed E-state index contributed by atoms with van der Waals surface area (Å²) >= 11 is 1.35. The van der Waals surface area contributed by atoms with Crippen LogP contribution in [0, 0.1) is 0 Å². The maximum atomic E-state index is 12.1.